The van der Waals surface area contributed by atoms with Crippen LogP contribution in [-0.4, -0.2) is 5.71 Å². The molecule has 1 radical (unpaired) electrons. The third-order valence-electron chi connectivity index (χ3n) is 0.945. The van der Waals surface area contributed by atoms with Crippen LogP contribution >= 0.6 is 0 Å². The van der Waals surface area contributed by atoms with Crippen LogP contribution in [-0.2, 0) is 5.21 Å². The molecule has 0 aromatic carbocycles. The first kappa shape index (κ1) is 6.47. The van der Waals surface area contributed by atoms with Crippen LogP contribution in [0, 0.1) is 0 Å². The molecule has 2 heteroatoms. The second-order valence-corrected chi connectivity index (χ2v) is 1.36. The Kier molecular flexibility index (Phi) is 3.38. The third-order valence-corrected chi connectivity index (χ3v) is 0.945. The highest BCUT2D eigenvalue weighted by Crippen LogP contribution is 1.88. The van der Waals surface area contributed by atoms with Crippen molar-refractivity contribution in [2.45, 2.75) is 26.7 Å². The van der Waals surface area contributed by atoms with Crippen molar-refractivity contribution in [3.63, 3.8) is 0 Å². The lowest BCUT2D eigenvalue weighted by Crippen LogP contribution is -1.90. The maximum absolute atomic E-state index is 9.68. The van der Waals surface area contributed by atoms with Gasteiger partial charge in [0.2, 0.25) is 0 Å². The van der Waals surface area contributed by atoms with Gasteiger partial charge in [0.1, 0.15) is 0 Å². The molecule has 0 fully saturated rings. The molecule has 0 rings (SSSR count). The minimum Gasteiger partial charge on any atom is -0.145 e. The first-order valence-corrected chi connectivity index (χ1v) is 2.53. The molecule has 0 saturated heterocycles. The molecule has 0 heterocycles. The lowest BCUT2D eigenvalue weighted by atomic mass is 10.2. The van der Waals surface area contributed by atoms with E-state index in [1.807, 2.05) is 13.8 Å². The van der Waals surface area contributed by atoms with Gasteiger partial charge in [0, 0.05) is 0 Å². The molecular formula is C5H10NO. The van der Waals surface area contributed by atoms with E-state index in [0.717, 1.165) is 18.6 Å². The second-order valence-electron chi connectivity index (χ2n) is 1.36. The fourth-order valence-electron chi connectivity index (χ4n) is 0.379. The Bertz CT molecular complexity index is 62.5. The molecule has 0 unspecified atom stereocenters. The van der Waals surface area contributed by atoms with Crippen molar-refractivity contribution in [1.29, 1.82) is 0 Å². The van der Waals surface area contributed by atoms with Gasteiger partial charge in [0.15, 0.2) is 0 Å². The topological polar surface area (TPSA) is 32.3 Å². The first-order chi connectivity index (χ1) is 3.35. The molecule has 0 N–H and O–H groups in total. The van der Waals surface area contributed by atoms with Crippen LogP contribution in [0.1, 0.15) is 26.7 Å². The van der Waals surface area contributed by atoms with E-state index in [2.05, 4.69) is 5.16 Å². The Hall–Kier alpha value is -0.530. The quantitative estimate of drug-likeness (QED) is 0.373. The van der Waals surface area contributed by atoms with Crippen LogP contribution in [0.5, 0.6) is 0 Å². The summed E-state index contributed by atoms with van der Waals surface area (Å²) in [4.78, 5) is 0. The molecule has 0 atom stereocenters. The molecule has 7 heavy (non-hydrogen) atoms. The van der Waals surface area contributed by atoms with Gasteiger partial charge in [0.05, 0.1) is 5.71 Å². The standard InChI is InChI=1S/C5H10NO/c1-3-5(4-2)6-7/h3-4H2,1-2H3. The molecule has 0 aliphatic carbocycles. The van der Waals surface area contributed by atoms with Gasteiger partial charge in [-0.05, 0) is 18.0 Å². The SMILES string of the molecule is CCC(CC)=N[O]. The number of hydrogen-bond acceptors (Lipinski definition) is 1. The summed E-state index contributed by atoms with van der Waals surface area (Å²) < 4.78 is 0. The van der Waals surface area contributed by atoms with Crippen molar-refractivity contribution in [3.05, 3.63) is 0 Å². The molecule has 0 aliphatic heterocycles. The number of rotatable bonds is 2. The maximum atomic E-state index is 9.68. The van der Waals surface area contributed by atoms with Gasteiger partial charge in [-0.25, -0.2) is 0 Å². The fraction of sp³-hybridized carbons (Fsp3) is 0.800. The monoisotopic (exact) mass is 100 g/mol. The van der Waals surface area contributed by atoms with E-state index in [0.29, 0.717) is 0 Å². The second kappa shape index (κ2) is 3.65. The van der Waals surface area contributed by atoms with E-state index in [4.69, 9.17) is 0 Å². The molecule has 0 saturated carbocycles. The zero-order valence-corrected chi connectivity index (χ0v) is 4.77. The summed E-state index contributed by atoms with van der Waals surface area (Å²) in [5.41, 5.74) is 0.750. The van der Waals surface area contributed by atoms with Crippen LogP contribution in [0.4, 0.5) is 0 Å². The summed E-state index contributed by atoms with van der Waals surface area (Å²) in [5.74, 6) is 0. The first-order valence-electron chi connectivity index (χ1n) is 2.53. The maximum Gasteiger partial charge on any atom is 0.0618 e. The van der Waals surface area contributed by atoms with Crippen molar-refractivity contribution in [3.8, 4) is 0 Å². The van der Waals surface area contributed by atoms with E-state index in [1.165, 1.54) is 0 Å². The van der Waals surface area contributed by atoms with Gasteiger partial charge in [-0.3, -0.25) is 0 Å². The van der Waals surface area contributed by atoms with Crippen molar-refractivity contribution < 1.29 is 5.21 Å². The Balaban J connectivity index is 3.38. The van der Waals surface area contributed by atoms with Crippen LogP contribution in [0.25, 0.3) is 0 Å². The van der Waals surface area contributed by atoms with Gasteiger partial charge >= 0.3 is 0 Å². The Labute approximate surface area is 43.8 Å². The average Bonchev–Trinajstić information content (AvgIpc) is 1.72. The van der Waals surface area contributed by atoms with Crippen molar-refractivity contribution in [2.75, 3.05) is 0 Å². The summed E-state index contributed by atoms with van der Waals surface area (Å²) >= 11 is 0. The smallest absolute Gasteiger partial charge is 0.0618 e. The Morgan fingerprint density at radius 1 is 1.43 bits per heavy atom. The minimum absolute atomic E-state index is 0.750. The predicted octanol–water partition coefficient (Wildman–Crippen LogP) is 1.59. The lowest BCUT2D eigenvalue weighted by molar-refractivity contribution is 0.207. The highest BCUT2D eigenvalue weighted by Gasteiger charge is 1.88. The van der Waals surface area contributed by atoms with Crippen LogP contribution in [0.3, 0.4) is 0 Å². The van der Waals surface area contributed by atoms with E-state index in [-0.39, 0.29) is 0 Å². The van der Waals surface area contributed by atoms with E-state index >= 15 is 0 Å². The molecule has 0 amide bonds. The molecule has 2 nitrogen and oxygen atoms in total. The number of hydrogen-bond donors (Lipinski definition) is 0. The van der Waals surface area contributed by atoms with Crippen LogP contribution in [0.15, 0.2) is 5.16 Å². The highest BCUT2D eigenvalue weighted by molar-refractivity contribution is 5.83. The number of nitrogens with zero attached hydrogens (tertiary/aromatic N) is 1. The zero-order chi connectivity index (χ0) is 5.70. The normalized spacial score (nSPS) is 8.29. The van der Waals surface area contributed by atoms with Crippen molar-refractivity contribution in [2.24, 2.45) is 5.16 Å². The molecule has 0 spiro atoms. The average molecular weight is 100 g/mol. The van der Waals surface area contributed by atoms with Gasteiger partial charge in [-0.15, -0.1) is 5.21 Å². The van der Waals surface area contributed by atoms with Crippen LogP contribution in [0.2, 0.25) is 0 Å². The van der Waals surface area contributed by atoms with Crippen molar-refractivity contribution in [1.82, 2.24) is 0 Å². The molecule has 0 bridgehead atoms. The molecule has 0 aromatic rings. The van der Waals surface area contributed by atoms with E-state index in [1.54, 1.807) is 0 Å². The summed E-state index contributed by atoms with van der Waals surface area (Å²) in [6.45, 7) is 3.86. The predicted molar refractivity (Wildman–Crippen MR) is 28.7 cm³/mol. The highest BCUT2D eigenvalue weighted by atomic mass is 16.4. The van der Waals surface area contributed by atoms with Gasteiger partial charge in [-0.1, -0.05) is 13.8 Å². The van der Waals surface area contributed by atoms with E-state index < -0.39 is 0 Å². The van der Waals surface area contributed by atoms with Gasteiger partial charge < -0.3 is 0 Å². The lowest BCUT2D eigenvalue weighted by Gasteiger charge is -1.87. The summed E-state index contributed by atoms with van der Waals surface area (Å²) in [6, 6.07) is 0. The Morgan fingerprint density at radius 2 is 1.86 bits per heavy atom. The molecular weight excluding hydrogens is 90.1 g/mol. The minimum atomic E-state index is 0.750. The largest absolute Gasteiger partial charge is 0.145 e. The molecule has 0 aromatic heterocycles. The Morgan fingerprint density at radius 3 is 1.86 bits per heavy atom. The molecule has 41 valence electrons. The summed E-state index contributed by atoms with van der Waals surface area (Å²) in [7, 11) is 0. The van der Waals surface area contributed by atoms with Gasteiger partial charge in [-0.2, -0.15) is 0 Å². The fourth-order valence-corrected chi connectivity index (χ4v) is 0.379. The van der Waals surface area contributed by atoms with E-state index in [9.17, 15) is 5.21 Å². The third kappa shape index (κ3) is 2.20. The molecule has 0 aliphatic rings. The summed E-state index contributed by atoms with van der Waals surface area (Å²) in [5, 5.41) is 12.5. The van der Waals surface area contributed by atoms with Gasteiger partial charge in [0.25, 0.3) is 0 Å². The van der Waals surface area contributed by atoms with Crippen molar-refractivity contribution >= 4 is 5.71 Å². The zero-order valence-electron chi connectivity index (χ0n) is 4.77. The van der Waals surface area contributed by atoms with Crippen LogP contribution < -0.4 is 0 Å². The summed E-state index contributed by atoms with van der Waals surface area (Å²) in [6.07, 6.45) is 1.58.